The molecule has 2 N–H and O–H groups in total. The standard InChI is InChI=1S/C18H11BrCl2N2OS/c19-14-8-11(20)9-15(21)16(14)22-18(25)23-17(24)13-7-3-5-10-4-1-2-6-12(10)13/h1-9H,(H2,22,23,24,25). The number of amides is 1. The minimum absolute atomic E-state index is 0.142. The van der Waals surface area contributed by atoms with Crippen LogP contribution in [0.3, 0.4) is 0 Å². The van der Waals surface area contributed by atoms with E-state index in [4.69, 9.17) is 35.4 Å². The lowest BCUT2D eigenvalue weighted by Gasteiger charge is -2.13. The van der Waals surface area contributed by atoms with Crippen molar-refractivity contribution < 1.29 is 4.79 Å². The number of hydrogen-bond donors (Lipinski definition) is 2. The molecule has 3 rings (SSSR count). The van der Waals surface area contributed by atoms with Gasteiger partial charge in [0.25, 0.3) is 5.91 Å². The highest BCUT2D eigenvalue weighted by atomic mass is 79.9. The summed E-state index contributed by atoms with van der Waals surface area (Å²) in [6.07, 6.45) is 0. The normalized spacial score (nSPS) is 10.5. The van der Waals surface area contributed by atoms with E-state index in [1.165, 1.54) is 0 Å². The van der Waals surface area contributed by atoms with E-state index in [1.807, 2.05) is 36.4 Å². The molecular formula is C18H11BrCl2N2OS. The predicted octanol–water partition coefficient (Wildman–Crippen LogP) is 6.04. The van der Waals surface area contributed by atoms with Gasteiger partial charge in [0.05, 0.1) is 10.7 Å². The quantitative estimate of drug-likeness (QED) is 0.465. The summed E-state index contributed by atoms with van der Waals surface area (Å²) in [6.45, 7) is 0. The minimum atomic E-state index is -0.296. The van der Waals surface area contributed by atoms with Crippen molar-refractivity contribution in [3.63, 3.8) is 0 Å². The van der Waals surface area contributed by atoms with Gasteiger partial charge in [-0.1, -0.05) is 59.6 Å². The van der Waals surface area contributed by atoms with Crippen molar-refractivity contribution in [1.82, 2.24) is 5.32 Å². The maximum absolute atomic E-state index is 12.6. The largest absolute Gasteiger partial charge is 0.330 e. The minimum Gasteiger partial charge on any atom is -0.330 e. The molecule has 3 nitrogen and oxygen atoms in total. The monoisotopic (exact) mass is 452 g/mol. The van der Waals surface area contributed by atoms with Crippen LogP contribution in [-0.2, 0) is 0 Å². The third-order valence-corrected chi connectivity index (χ3v) is 4.85. The van der Waals surface area contributed by atoms with Crippen LogP contribution < -0.4 is 10.6 Å². The Kier molecular flexibility index (Phi) is 5.59. The number of carbonyl (C=O) groups is 1. The molecule has 0 bridgehead atoms. The van der Waals surface area contributed by atoms with Crippen LogP contribution in [0.4, 0.5) is 5.69 Å². The molecule has 126 valence electrons. The molecule has 0 saturated carbocycles. The lowest BCUT2D eigenvalue weighted by Crippen LogP contribution is -2.34. The Hall–Kier alpha value is -1.66. The van der Waals surface area contributed by atoms with Gasteiger partial charge in [-0.2, -0.15) is 0 Å². The predicted molar refractivity (Wildman–Crippen MR) is 112 cm³/mol. The first-order valence-corrected chi connectivity index (χ1v) is 9.16. The Bertz CT molecular complexity index is 965. The Morgan fingerprint density at radius 1 is 1.04 bits per heavy atom. The molecule has 0 aliphatic carbocycles. The number of hydrogen-bond acceptors (Lipinski definition) is 2. The Balaban J connectivity index is 1.80. The summed E-state index contributed by atoms with van der Waals surface area (Å²) in [6, 6.07) is 16.5. The van der Waals surface area contributed by atoms with Crippen molar-refractivity contribution in [2.45, 2.75) is 0 Å². The lowest BCUT2D eigenvalue weighted by molar-refractivity contribution is 0.0979. The average Bonchev–Trinajstić information content (AvgIpc) is 2.57. The molecule has 3 aromatic rings. The number of fused-ring (bicyclic) bond motifs is 1. The molecule has 0 aromatic heterocycles. The summed E-state index contributed by atoms with van der Waals surface area (Å²) in [7, 11) is 0. The molecule has 0 aliphatic heterocycles. The van der Waals surface area contributed by atoms with Crippen molar-refractivity contribution >= 4 is 78.8 Å². The zero-order valence-corrected chi connectivity index (χ0v) is 16.6. The molecule has 25 heavy (non-hydrogen) atoms. The van der Waals surface area contributed by atoms with Gasteiger partial charge in [0, 0.05) is 15.1 Å². The third-order valence-electron chi connectivity index (χ3n) is 3.51. The highest BCUT2D eigenvalue weighted by Crippen LogP contribution is 2.33. The van der Waals surface area contributed by atoms with Crippen LogP contribution in [0.25, 0.3) is 10.8 Å². The smallest absolute Gasteiger partial charge is 0.258 e. The van der Waals surface area contributed by atoms with Crippen LogP contribution in [-0.4, -0.2) is 11.0 Å². The molecule has 0 heterocycles. The highest BCUT2D eigenvalue weighted by molar-refractivity contribution is 9.10. The molecule has 0 spiro atoms. The van der Waals surface area contributed by atoms with E-state index in [0.29, 0.717) is 25.8 Å². The summed E-state index contributed by atoms with van der Waals surface area (Å²) >= 11 is 20.7. The van der Waals surface area contributed by atoms with E-state index in [9.17, 15) is 4.79 Å². The Morgan fingerprint density at radius 2 is 1.76 bits per heavy atom. The molecule has 0 radical (unpaired) electrons. The van der Waals surface area contributed by atoms with Crippen molar-refractivity contribution in [3.05, 3.63) is 74.7 Å². The van der Waals surface area contributed by atoms with Crippen LogP contribution in [0.2, 0.25) is 10.0 Å². The Labute approximate surface area is 168 Å². The molecule has 1 amide bonds. The van der Waals surface area contributed by atoms with Gasteiger partial charge in [0.1, 0.15) is 0 Å². The van der Waals surface area contributed by atoms with E-state index >= 15 is 0 Å². The average molecular weight is 454 g/mol. The second-order valence-corrected chi connectivity index (χ2v) is 7.29. The number of rotatable bonds is 2. The summed E-state index contributed by atoms with van der Waals surface area (Å²) in [5.74, 6) is -0.296. The molecule has 0 fully saturated rings. The molecule has 0 unspecified atom stereocenters. The fourth-order valence-corrected chi connectivity index (χ4v) is 3.94. The van der Waals surface area contributed by atoms with Gasteiger partial charge in [0.15, 0.2) is 5.11 Å². The summed E-state index contributed by atoms with van der Waals surface area (Å²) < 4.78 is 0.645. The maximum Gasteiger partial charge on any atom is 0.258 e. The number of benzene rings is 3. The first-order chi connectivity index (χ1) is 12.0. The van der Waals surface area contributed by atoms with Crippen LogP contribution in [0.15, 0.2) is 59.1 Å². The fourth-order valence-electron chi connectivity index (χ4n) is 2.40. The second-order valence-electron chi connectivity index (χ2n) is 5.18. The first-order valence-electron chi connectivity index (χ1n) is 7.20. The van der Waals surface area contributed by atoms with E-state index in [-0.39, 0.29) is 11.0 Å². The molecule has 0 aliphatic rings. The van der Waals surface area contributed by atoms with Crippen LogP contribution in [0, 0.1) is 0 Å². The SMILES string of the molecule is O=C(NC(=S)Nc1c(Cl)cc(Cl)cc1Br)c1cccc2ccccc12. The van der Waals surface area contributed by atoms with E-state index < -0.39 is 0 Å². The van der Waals surface area contributed by atoms with Gasteiger partial charge < -0.3 is 5.32 Å². The number of nitrogens with one attached hydrogen (secondary N) is 2. The van der Waals surface area contributed by atoms with Gasteiger partial charge in [-0.15, -0.1) is 0 Å². The van der Waals surface area contributed by atoms with Crippen molar-refractivity contribution in [3.8, 4) is 0 Å². The maximum atomic E-state index is 12.6. The van der Waals surface area contributed by atoms with Crippen molar-refractivity contribution in [1.29, 1.82) is 0 Å². The highest BCUT2D eigenvalue weighted by Gasteiger charge is 2.13. The number of thiocarbonyl (C=S) groups is 1. The van der Waals surface area contributed by atoms with Crippen LogP contribution in [0.1, 0.15) is 10.4 Å². The van der Waals surface area contributed by atoms with Gasteiger partial charge in [-0.25, -0.2) is 0 Å². The van der Waals surface area contributed by atoms with Gasteiger partial charge >= 0.3 is 0 Å². The van der Waals surface area contributed by atoms with Crippen LogP contribution >= 0.6 is 51.3 Å². The fraction of sp³-hybridized carbons (Fsp3) is 0. The molecular weight excluding hydrogens is 443 g/mol. The lowest BCUT2D eigenvalue weighted by atomic mass is 10.0. The zero-order chi connectivity index (χ0) is 18.0. The molecule has 0 atom stereocenters. The number of halogens is 3. The number of carbonyl (C=O) groups excluding carboxylic acids is 1. The number of anilines is 1. The second kappa shape index (κ2) is 7.70. The topological polar surface area (TPSA) is 41.1 Å². The van der Waals surface area contributed by atoms with E-state index in [1.54, 1.807) is 18.2 Å². The summed E-state index contributed by atoms with van der Waals surface area (Å²) in [4.78, 5) is 12.6. The van der Waals surface area contributed by atoms with E-state index in [2.05, 4.69) is 26.6 Å². The van der Waals surface area contributed by atoms with E-state index in [0.717, 1.165) is 10.8 Å². The molecule has 3 aromatic carbocycles. The molecule has 0 saturated heterocycles. The first kappa shape index (κ1) is 18.1. The van der Waals surface area contributed by atoms with Crippen LogP contribution in [0.5, 0.6) is 0 Å². The Morgan fingerprint density at radius 3 is 2.52 bits per heavy atom. The van der Waals surface area contributed by atoms with Crippen molar-refractivity contribution in [2.24, 2.45) is 0 Å². The zero-order valence-electron chi connectivity index (χ0n) is 12.6. The summed E-state index contributed by atoms with van der Waals surface area (Å²) in [5, 5.41) is 8.46. The van der Waals surface area contributed by atoms with Gasteiger partial charge in [-0.05, 0) is 57.1 Å². The molecule has 7 heteroatoms. The van der Waals surface area contributed by atoms with Gasteiger partial charge in [0.2, 0.25) is 0 Å². The summed E-state index contributed by atoms with van der Waals surface area (Å²) in [5.41, 5.74) is 1.08. The van der Waals surface area contributed by atoms with Gasteiger partial charge in [-0.3, -0.25) is 10.1 Å². The third kappa shape index (κ3) is 4.12. The van der Waals surface area contributed by atoms with Crippen molar-refractivity contribution in [2.75, 3.05) is 5.32 Å².